The molecular formula is C14H23NS3. The maximum absolute atomic E-state index is 3.61. The number of hydrogen-bond acceptors (Lipinski definition) is 4. The molecule has 18 heavy (non-hydrogen) atoms. The summed E-state index contributed by atoms with van der Waals surface area (Å²) in [5.41, 5.74) is 0.290. The van der Waals surface area contributed by atoms with Crippen molar-refractivity contribution in [2.24, 2.45) is 0 Å². The molecule has 1 saturated heterocycles. The fraction of sp³-hybridized carbons (Fsp3) is 0.714. The number of thioether (sulfide) groups is 2. The van der Waals surface area contributed by atoms with Gasteiger partial charge < -0.3 is 5.32 Å². The van der Waals surface area contributed by atoms with E-state index in [1.807, 2.05) is 11.3 Å². The smallest absolute Gasteiger partial charge is 0.0300 e. The summed E-state index contributed by atoms with van der Waals surface area (Å²) in [4.78, 5) is 2.95. The van der Waals surface area contributed by atoms with Crippen molar-refractivity contribution in [3.8, 4) is 0 Å². The lowest BCUT2D eigenvalue weighted by Crippen LogP contribution is -2.28. The predicted molar refractivity (Wildman–Crippen MR) is 88.3 cm³/mol. The highest BCUT2D eigenvalue weighted by Gasteiger charge is 2.16. The Labute approximate surface area is 124 Å². The molecule has 1 aliphatic rings. The van der Waals surface area contributed by atoms with Crippen molar-refractivity contribution in [2.45, 2.75) is 38.0 Å². The minimum absolute atomic E-state index is 0.290. The molecule has 0 aliphatic carbocycles. The average Bonchev–Trinajstić information content (AvgIpc) is 2.79. The molecule has 102 valence electrons. The minimum atomic E-state index is 0.290. The van der Waals surface area contributed by atoms with Crippen LogP contribution in [0.2, 0.25) is 0 Å². The van der Waals surface area contributed by atoms with E-state index in [1.165, 1.54) is 27.0 Å². The number of nitrogens with one attached hydrogen (secondary N) is 1. The molecule has 0 saturated carbocycles. The second-order valence-corrected chi connectivity index (χ2v) is 9.44. The lowest BCUT2D eigenvalue weighted by molar-refractivity contribution is 0.604. The van der Waals surface area contributed by atoms with Gasteiger partial charge in [-0.3, -0.25) is 0 Å². The molecule has 1 atom stereocenters. The van der Waals surface area contributed by atoms with Crippen LogP contribution in [-0.2, 0) is 12.0 Å². The van der Waals surface area contributed by atoms with Gasteiger partial charge in [-0.25, -0.2) is 0 Å². The molecule has 0 spiro atoms. The maximum atomic E-state index is 3.61. The molecule has 2 rings (SSSR count). The van der Waals surface area contributed by atoms with Crippen LogP contribution in [0.25, 0.3) is 0 Å². The van der Waals surface area contributed by atoms with Crippen LogP contribution in [0.5, 0.6) is 0 Å². The molecule has 1 aromatic heterocycles. The molecule has 0 radical (unpaired) electrons. The van der Waals surface area contributed by atoms with E-state index in [0.717, 1.165) is 18.3 Å². The molecule has 0 bridgehead atoms. The van der Waals surface area contributed by atoms with Crippen LogP contribution in [0.3, 0.4) is 0 Å². The van der Waals surface area contributed by atoms with Crippen LogP contribution in [0.4, 0.5) is 0 Å². The average molecular weight is 302 g/mol. The minimum Gasteiger partial charge on any atom is -0.311 e. The van der Waals surface area contributed by atoms with E-state index in [0.29, 0.717) is 5.41 Å². The van der Waals surface area contributed by atoms with Gasteiger partial charge in [-0.15, -0.1) is 11.3 Å². The summed E-state index contributed by atoms with van der Waals surface area (Å²) < 4.78 is 0. The Hall–Kier alpha value is 0.360. The number of rotatable bonds is 4. The standard InChI is InChI=1S/C14H23NS3/c1-14(2,3)13-5-4-11(18-13)8-15-9-12-10-16-6-7-17-12/h4-5,12,15H,6-10H2,1-3H3. The molecule has 1 aromatic rings. The van der Waals surface area contributed by atoms with E-state index in [2.05, 4.69) is 61.7 Å². The molecule has 0 aromatic carbocycles. The summed E-state index contributed by atoms with van der Waals surface area (Å²) in [5.74, 6) is 3.97. The predicted octanol–water partition coefficient (Wildman–Crippen LogP) is 3.98. The highest BCUT2D eigenvalue weighted by atomic mass is 32.2. The normalized spacial score (nSPS) is 21.2. The van der Waals surface area contributed by atoms with Gasteiger partial charge in [-0.2, -0.15) is 23.5 Å². The second-order valence-electron chi connectivity index (χ2n) is 5.71. The summed E-state index contributed by atoms with van der Waals surface area (Å²) in [6.07, 6.45) is 0. The number of thiophene rings is 1. The molecule has 1 fully saturated rings. The topological polar surface area (TPSA) is 12.0 Å². The first kappa shape index (κ1) is 14.8. The highest BCUT2D eigenvalue weighted by molar-refractivity contribution is 8.06. The molecule has 1 N–H and O–H groups in total. The van der Waals surface area contributed by atoms with Gasteiger partial charge in [0.2, 0.25) is 0 Å². The Kier molecular flexibility index (Phi) is 5.48. The molecule has 1 nitrogen and oxygen atoms in total. The second kappa shape index (κ2) is 6.69. The van der Waals surface area contributed by atoms with Gasteiger partial charge in [0, 0.05) is 45.4 Å². The maximum Gasteiger partial charge on any atom is 0.0300 e. The Morgan fingerprint density at radius 1 is 1.28 bits per heavy atom. The van der Waals surface area contributed by atoms with Crippen molar-refractivity contribution in [3.05, 3.63) is 21.9 Å². The zero-order valence-electron chi connectivity index (χ0n) is 11.5. The Balaban J connectivity index is 1.74. The monoisotopic (exact) mass is 301 g/mol. The fourth-order valence-electron chi connectivity index (χ4n) is 1.89. The van der Waals surface area contributed by atoms with Gasteiger partial charge in [0.1, 0.15) is 0 Å². The van der Waals surface area contributed by atoms with Gasteiger partial charge in [0.15, 0.2) is 0 Å². The first-order valence-corrected chi connectivity index (χ1v) is 9.57. The van der Waals surface area contributed by atoms with E-state index < -0.39 is 0 Å². The van der Waals surface area contributed by atoms with Crippen LogP contribution < -0.4 is 5.32 Å². The summed E-state index contributed by atoms with van der Waals surface area (Å²) in [6.45, 7) is 9.03. The van der Waals surface area contributed by atoms with Crippen molar-refractivity contribution in [1.82, 2.24) is 5.32 Å². The molecule has 1 aliphatic heterocycles. The van der Waals surface area contributed by atoms with Gasteiger partial charge in [-0.1, -0.05) is 20.8 Å². The van der Waals surface area contributed by atoms with E-state index >= 15 is 0 Å². The first-order valence-electron chi connectivity index (χ1n) is 6.55. The quantitative estimate of drug-likeness (QED) is 0.903. The van der Waals surface area contributed by atoms with Crippen LogP contribution in [0.1, 0.15) is 30.5 Å². The Morgan fingerprint density at radius 3 is 2.72 bits per heavy atom. The highest BCUT2D eigenvalue weighted by Crippen LogP contribution is 2.29. The van der Waals surface area contributed by atoms with Crippen molar-refractivity contribution >= 4 is 34.9 Å². The van der Waals surface area contributed by atoms with Crippen molar-refractivity contribution in [3.63, 3.8) is 0 Å². The lowest BCUT2D eigenvalue weighted by Gasteiger charge is -2.21. The van der Waals surface area contributed by atoms with Gasteiger partial charge in [-0.05, 0) is 17.5 Å². The summed E-state index contributed by atoms with van der Waals surface area (Å²) in [7, 11) is 0. The van der Waals surface area contributed by atoms with Crippen LogP contribution in [0.15, 0.2) is 12.1 Å². The van der Waals surface area contributed by atoms with E-state index in [4.69, 9.17) is 0 Å². The number of hydrogen-bond donors (Lipinski definition) is 1. The summed E-state index contributed by atoms with van der Waals surface area (Å²) in [5, 5.41) is 4.42. The first-order chi connectivity index (χ1) is 8.55. The molecule has 1 unspecified atom stereocenters. The van der Waals surface area contributed by atoms with Crippen LogP contribution >= 0.6 is 34.9 Å². The van der Waals surface area contributed by atoms with Crippen LogP contribution in [-0.4, -0.2) is 29.1 Å². The third-order valence-corrected chi connectivity index (χ3v) is 7.31. The van der Waals surface area contributed by atoms with E-state index in [1.54, 1.807) is 0 Å². The largest absolute Gasteiger partial charge is 0.311 e. The van der Waals surface area contributed by atoms with Gasteiger partial charge >= 0.3 is 0 Å². The molecule has 4 heteroatoms. The third kappa shape index (κ3) is 4.48. The van der Waals surface area contributed by atoms with E-state index in [9.17, 15) is 0 Å². The summed E-state index contributed by atoms with van der Waals surface area (Å²) >= 11 is 6.18. The molecular weight excluding hydrogens is 278 g/mol. The van der Waals surface area contributed by atoms with Crippen molar-refractivity contribution in [2.75, 3.05) is 23.8 Å². The van der Waals surface area contributed by atoms with Gasteiger partial charge in [0.05, 0.1) is 0 Å². The van der Waals surface area contributed by atoms with Crippen molar-refractivity contribution in [1.29, 1.82) is 0 Å². The zero-order chi connectivity index (χ0) is 13.0. The SMILES string of the molecule is CC(C)(C)c1ccc(CNCC2CSCCS2)s1. The fourth-order valence-corrected chi connectivity index (χ4v) is 5.57. The molecule has 0 amide bonds. The Bertz CT molecular complexity index is 361. The molecule has 2 heterocycles. The Morgan fingerprint density at radius 2 is 2.11 bits per heavy atom. The van der Waals surface area contributed by atoms with Crippen molar-refractivity contribution < 1.29 is 0 Å². The van der Waals surface area contributed by atoms with Crippen LogP contribution in [0, 0.1) is 0 Å². The summed E-state index contributed by atoms with van der Waals surface area (Å²) in [6, 6.07) is 4.56. The zero-order valence-corrected chi connectivity index (χ0v) is 13.9. The van der Waals surface area contributed by atoms with E-state index in [-0.39, 0.29) is 0 Å². The van der Waals surface area contributed by atoms with Gasteiger partial charge in [0.25, 0.3) is 0 Å². The lowest BCUT2D eigenvalue weighted by atomic mass is 9.95. The third-order valence-electron chi connectivity index (χ3n) is 2.96.